The molecule has 0 aromatic rings. The van der Waals surface area contributed by atoms with Gasteiger partial charge in [-0.05, 0) is 58.4 Å². The van der Waals surface area contributed by atoms with Crippen LogP contribution in [0.2, 0.25) is 0 Å². The second kappa shape index (κ2) is 12.2. The summed E-state index contributed by atoms with van der Waals surface area (Å²) in [5.41, 5.74) is 7.64. The van der Waals surface area contributed by atoms with Gasteiger partial charge < -0.3 is 15.2 Å². The highest BCUT2D eigenvalue weighted by Crippen LogP contribution is 2.24. The molecule has 3 fully saturated rings. The van der Waals surface area contributed by atoms with Gasteiger partial charge >= 0.3 is 12.1 Å². The molecule has 0 aromatic heterocycles. The summed E-state index contributed by atoms with van der Waals surface area (Å²) in [4.78, 5) is 26.6. The third kappa shape index (κ3) is 8.95. The predicted octanol–water partition coefficient (Wildman–Crippen LogP) is 5.00. The number of amides is 1. The Balaban J connectivity index is 0.000000231. The zero-order valence-electron chi connectivity index (χ0n) is 19.3. The number of azide groups is 1. The Labute approximate surface area is 185 Å². The van der Waals surface area contributed by atoms with Gasteiger partial charge in [0.15, 0.2) is 0 Å². The standard InChI is InChI=1S/C12H23N.C10H16N4O4/c1-3-7-11(8-4-1)13-12-9-5-2-6-10-12;1-10(2,3)18-9(17)14-5-6(12-13-11)4-7(14)8(15)16/h11-13H,1-10H2;6-7H,4-5H2,1-3H3,(H,15,16)/t;6-,7+/m.1/s1. The number of carbonyl (C=O) groups excluding carboxylic acids is 1. The van der Waals surface area contributed by atoms with Crippen LogP contribution in [0, 0.1) is 0 Å². The Morgan fingerprint density at radius 1 is 1.03 bits per heavy atom. The smallest absolute Gasteiger partial charge is 0.411 e. The number of carboxylic acids is 1. The summed E-state index contributed by atoms with van der Waals surface area (Å²) in [6, 6.07) is 0.215. The summed E-state index contributed by atoms with van der Waals surface area (Å²) in [5, 5.41) is 16.3. The second-order valence-electron chi connectivity index (χ2n) is 9.92. The first kappa shape index (κ1) is 25.3. The molecule has 2 N–H and O–H groups in total. The van der Waals surface area contributed by atoms with Gasteiger partial charge in [-0.25, -0.2) is 9.59 Å². The van der Waals surface area contributed by atoms with Gasteiger partial charge in [0.1, 0.15) is 11.6 Å². The van der Waals surface area contributed by atoms with E-state index in [0.29, 0.717) is 0 Å². The van der Waals surface area contributed by atoms with E-state index in [1.54, 1.807) is 20.8 Å². The molecule has 1 heterocycles. The van der Waals surface area contributed by atoms with E-state index < -0.39 is 29.7 Å². The lowest BCUT2D eigenvalue weighted by atomic mass is 9.91. The Hall–Kier alpha value is -1.99. The summed E-state index contributed by atoms with van der Waals surface area (Å²) in [5.74, 6) is -1.13. The van der Waals surface area contributed by atoms with Crippen LogP contribution in [-0.4, -0.2) is 58.4 Å². The quantitative estimate of drug-likeness (QED) is 0.363. The fraction of sp³-hybridized carbons (Fsp3) is 0.909. The SMILES string of the molecule is C1CCC(NC2CCCCC2)CC1.CC(C)(C)OC(=O)N1C[C@H](N=[N+]=[N-])C[C@H]1C(=O)O. The predicted molar refractivity (Wildman–Crippen MR) is 119 cm³/mol. The van der Waals surface area contributed by atoms with E-state index in [9.17, 15) is 9.59 Å². The first-order valence-corrected chi connectivity index (χ1v) is 11.7. The van der Waals surface area contributed by atoms with Crippen molar-refractivity contribution < 1.29 is 19.4 Å². The molecule has 0 aromatic carbocycles. The minimum absolute atomic E-state index is 0.0654. The Morgan fingerprint density at radius 2 is 1.55 bits per heavy atom. The number of likely N-dealkylation sites (tertiary alicyclic amines) is 1. The maximum atomic E-state index is 11.8. The molecule has 3 aliphatic rings. The summed E-state index contributed by atoms with van der Waals surface area (Å²) in [7, 11) is 0. The number of nitrogens with zero attached hydrogens (tertiary/aromatic N) is 4. The van der Waals surface area contributed by atoms with Gasteiger partial charge in [0.25, 0.3) is 0 Å². The third-order valence-corrected chi connectivity index (χ3v) is 6.09. The van der Waals surface area contributed by atoms with Crippen LogP contribution in [0.3, 0.4) is 0 Å². The molecule has 1 saturated heterocycles. The first-order valence-electron chi connectivity index (χ1n) is 11.7. The zero-order chi connectivity index (χ0) is 22.9. The number of rotatable bonds is 4. The molecule has 2 atom stereocenters. The molecule has 2 aliphatic carbocycles. The van der Waals surface area contributed by atoms with Gasteiger partial charge in [0, 0.05) is 23.5 Å². The van der Waals surface area contributed by atoms with Gasteiger partial charge in [-0.1, -0.05) is 43.6 Å². The molecule has 0 spiro atoms. The van der Waals surface area contributed by atoms with Crippen molar-refractivity contribution in [2.45, 2.75) is 121 Å². The minimum atomic E-state index is -1.13. The van der Waals surface area contributed by atoms with Crippen molar-refractivity contribution in [1.82, 2.24) is 10.2 Å². The summed E-state index contributed by atoms with van der Waals surface area (Å²) in [6.07, 6.45) is 14.0. The number of carboxylic acid groups (broad SMARTS) is 1. The molecule has 3 rings (SSSR count). The Morgan fingerprint density at radius 3 is 1.97 bits per heavy atom. The number of aliphatic carboxylic acids is 1. The highest BCUT2D eigenvalue weighted by atomic mass is 16.6. The molecule has 9 heteroatoms. The monoisotopic (exact) mass is 437 g/mol. The van der Waals surface area contributed by atoms with Crippen molar-refractivity contribution in [2.75, 3.05) is 6.54 Å². The second-order valence-corrected chi connectivity index (χ2v) is 9.92. The van der Waals surface area contributed by atoms with Crippen molar-refractivity contribution >= 4 is 12.1 Å². The van der Waals surface area contributed by atoms with E-state index in [1.807, 2.05) is 0 Å². The van der Waals surface area contributed by atoms with Gasteiger partial charge in [-0.15, -0.1) is 0 Å². The van der Waals surface area contributed by atoms with Gasteiger partial charge in [0.05, 0.1) is 6.04 Å². The average molecular weight is 438 g/mol. The van der Waals surface area contributed by atoms with Crippen LogP contribution in [0.4, 0.5) is 4.79 Å². The van der Waals surface area contributed by atoms with Crippen LogP contribution in [0.5, 0.6) is 0 Å². The molecular weight excluding hydrogens is 398 g/mol. The van der Waals surface area contributed by atoms with Crippen molar-refractivity contribution in [1.29, 1.82) is 0 Å². The lowest BCUT2D eigenvalue weighted by molar-refractivity contribution is -0.142. The highest BCUT2D eigenvalue weighted by molar-refractivity contribution is 5.81. The van der Waals surface area contributed by atoms with Crippen molar-refractivity contribution in [3.63, 3.8) is 0 Å². The molecule has 0 radical (unpaired) electrons. The number of ether oxygens (including phenoxy) is 1. The molecule has 2 saturated carbocycles. The number of hydrogen-bond donors (Lipinski definition) is 2. The lowest BCUT2D eigenvalue weighted by Crippen LogP contribution is -2.43. The Bertz CT molecular complexity index is 616. The lowest BCUT2D eigenvalue weighted by Gasteiger charge is -2.30. The summed E-state index contributed by atoms with van der Waals surface area (Å²) in [6.45, 7) is 5.15. The maximum absolute atomic E-state index is 11.8. The van der Waals surface area contributed by atoms with Crippen molar-refractivity contribution in [2.24, 2.45) is 5.11 Å². The van der Waals surface area contributed by atoms with Crippen molar-refractivity contribution in [3.05, 3.63) is 10.4 Å². The normalized spacial score (nSPS) is 25.2. The average Bonchev–Trinajstić information content (AvgIpc) is 3.14. The van der Waals surface area contributed by atoms with Gasteiger partial charge in [-0.3, -0.25) is 4.90 Å². The fourth-order valence-corrected chi connectivity index (χ4v) is 4.60. The van der Waals surface area contributed by atoms with Crippen LogP contribution in [0.25, 0.3) is 10.4 Å². The largest absolute Gasteiger partial charge is 0.480 e. The van der Waals surface area contributed by atoms with E-state index >= 15 is 0 Å². The molecular formula is C22H39N5O4. The minimum Gasteiger partial charge on any atom is -0.480 e. The van der Waals surface area contributed by atoms with Crippen LogP contribution in [0.1, 0.15) is 91.4 Å². The van der Waals surface area contributed by atoms with Crippen LogP contribution >= 0.6 is 0 Å². The van der Waals surface area contributed by atoms with Crippen LogP contribution in [-0.2, 0) is 9.53 Å². The number of carbonyl (C=O) groups is 2. The molecule has 9 nitrogen and oxygen atoms in total. The Kier molecular flexibility index (Phi) is 9.91. The van der Waals surface area contributed by atoms with Crippen molar-refractivity contribution in [3.8, 4) is 0 Å². The highest BCUT2D eigenvalue weighted by Gasteiger charge is 2.41. The first-order chi connectivity index (χ1) is 14.7. The van der Waals surface area contributed by atoms with E-state index in [-0.39, 0.29) is 13.0 Å². The topological polar surface area (TPSA) is 128 Å². The van der Waals surface area contributed by atoms with Crippen LogP contribution < -0.4 is 5.32 Å². The molecule has 1 amide bonds. The summed E-state index contributed by atoms with van der Waals surface area (Å²) >= 11 is 0. The number of nitrogens with one attached hydrogen (secondary N) is 1. The molecule has 1 aliphatic heterocycles. The molecule has 31 heavy (non-hydrogen) atoms. The van der Waals surface area contributed by atoms with Gasteiger partial charge in [-0.2, -0.15) is 0 Å². The van der Waals surface area contributed by atoms with E-state index in [0.717, 1.165) is 17.0 Å². The summed E-state index contributed by atoms with van der Waals surface area (Å²) < 4.78 is 5.12. The van der Waals surface area contributed by atoms with E-state index in [2.05, 4.69) is 15.3 Å². The molecule has 0 unspecified atom stereocenters. The molecule has 0 bridgehead atoms. The van der Waals surface area contributed by atoms with E-state index in [4.69, 9.17) is 15.4 Å². The number of hydrogen-bond acceptors (Lipinski definition) is 5. The van der Waals surface area contributed by atoms with Gasteiger partial charge in [0.2, 0.25) is 0 Å². The fourth-order valence-electron chi connectivity index (χ4n) is 4.60. The van der Waals surface area contributed by atoms with Crippen LogP contribution in [0.15, 0.2) is 5.11 Å². The van der Waals surface area contributed by atoms with E-state index in [1.165, 1.54) is 64.2 Å². The third-order valence-electron chi connectivity index (χ3n) is 6.09. The maximum Gasteiger partial charge on any atom is 0.411 e. The zero-order valence-corrected chi connectivity index (χ0v) is 19.3. The molecule has 176 valence electrons.